The van der Waals surface area contributed by atoms with Crippen LogP contribution in [-0.4, -0.2) is 53.6 Å². The Morgan fingerprint density at radius 2 is 1.86 bits per heavy atom. The molecule has 0 atom stereocenters. The SMILES string of the molecule is C#CCN(C(=O)N1CCCC1)c1cnc(N(CC)CC)nc1. The molecule has 6 nitrogen and oxygen atoms in total. The molecular formula is C16H23N5O. The van der Waals surface area contributed by atoms with Crippen molar-refractivity contribution in [2.75, 3.05) is 42.5 Å². The van der Waals surface area contributed by atoms with Crippen molar-refractivity contribution >= 4 is 17.7 Å². The maximum Gasteiger partial charge on any atom is 0.325 e. The number of carbonyl (C=O) groups excluding carboxylic acids is 1. The van der Waals surface area contributed by atoms with Gasteiger partial charge in [0.05, 0.1) is 24.6 Å². The molecule has 2 heterocycles. The molecule has 2 rings (SSSR count). The summed E-state index contributed by atoms with van der Waals surface area (Å²) in [7, 11) is 0. The second-order valence-electron chi connectivity index (χ2n) is 5.18. The molecule has 1 aromatic heterocycles. The number of anilines is 2. The van der Waals surface area contributed by atoms with E-state index in [-0.39, 0.29) is 12.6 Å². The Kier molecular flexibility index (Phi) is 5.59. The highest BCUT2D eigenvalue weighted by Gasteiger charge is 2.24. The van der Waals surface area contributed by atoms with Crippen molar-refractivity contribution in [2.45, 2.75) is 26.7 Å². The van der Waals surface area contributed by atoms with Gasteiger partial charge in [-0.2, -0.15) is 0 Å². The quantitative estimate of drug-likeness (QED) is 0.780. The van der Waals surface area contributed by atoms with Gasteiger partial charge in [-0.15, -0.1) is 6.42 Å². The standard InChI is InChI=1S/C16H23N5O/c1-4-9-21(16(22)20-10-7-8-11-20)14-12-17-15(18-13-14)19(5-2)6-3/h1,12-13H,5-11H2,2-3H3. The minimum absolute atomic E-state index is 0.0605. The second-order valence-corrected chi connectivity index (χ2v) is 5.18. The van der Waals surface area contributed by atoms with Crippen LogP contribution in [0.3, 0.4) is 0 Å². The van der Waals surface area contributed by atoms with Gasteiger partial charge in [-0.1, -0.05) is 5.92 Å². The largest absolute Gasteiger partial charge is 0.341 e. The Bertz CT molecular complexity index is 526. The van der Waals surface area contributed by atoms with Crippen molar-refractivity contribution in [1.29, 1.82) is 0 Å². The van der Waals surface area contributed by atoms with Crippen LogP contribution >= 0.6 is 0 Å². The molecule has 1 saturated heterocycles. The van der Waals surface area contributed by atoms with Crippen LogP contribution in [0.5, 0.6) is 0 Å². The van der Waals surface area contributed by atoms with Crippen molar-refractivity contribution in [3.05, 3.63) is 12.4 Å². The van der Waals surface area contributed by atoms with Gasteiger partial charge in [0, 0.05) is 26.2 Å². The Balaban J connectivity index is 2.18. The minimum atomic E-state index is -0.0605. The average Bonchev–Trinajstić information content (AvgIpc) is 3.08. The molecule has 0 aliphatic carbocycles. The fraction of sp³-hybridized carbons (Fsp3) is 0.562. The number of likely N-dealkylation sites (tertiary alicyclic amines) is 1. The highest BCUT2D eigenvalue weighted by atomic mass is 16.2. The summed E-state index contributed by atoms with van der Waals surface area (Å²) in [6, 6.07) is -0.0605. The molecule has 1 aliphatic rings. The number of carbonyl (C=O) groups is 1. The van der Waals surface area contributed by atoms with Crippen LogP contribution in [0.15, 0.2) is 12.4 Å². The van der Waals surface area contributed by atoms with Crippen molar-refractivity contribution in [3.63, 3.8) is 0 Å². The van der Waals surface area contributed by atoms with Crippen LogP contribution in [0.4, 0.5) is 16.4 Å². The summed E-state index contributed by atoms with van der Waals surface area (Å²) in [5.41, 5.74) is 0.644. The molecular weight excluding hydrogens is 278 g/mol. The number of nitrogens with zero attached hydrogens (tertiary/aromatic N) is 5. The number of aromatic nitrogens is 2. The fourth-order valence-corrected chi connectivity index (χ4v) is 2.56. The van der Waals surface area contributed by atoms with E-state index in [2.05, 4.69) is 34.6 Å². The summed E-state index contributed by atoms with van der Waals surface area (Å²) in [5, 5.41) is 0. The highest BCUT2D eigenvalue weighted by molar-refractivity contribution is 5.92. The third-order valence-electron chi connectivity index (χ3n) is 3.84. The summed E-state index contributed by atoms with van der Waals surface area (Å²) < 4.78 is 0. The first-order valence-corrected chi connectivity index (χ1v) is 7.78. The van der Waals surface area contributed by atoms with E-state index in [1.807, 2.05) is 4.90 Å². The monoisotopic (exact) mass is 301 g/mol. The van der Waals surface area contributed by atoms with Crippen LogP contribution in [0.25, 0.3) is 0 Å². The summed E-state index contributed by atoms with van der Waals surface area (Å²) in [5.74, 6) is 3.21. The predicted octanol–water partition coefficient (Wildman–Crippen LogP) is 1.98. The van der Waals surface area contributed by atoms with E-state index < -0.39 is 0 Å². The molecule has 1 aliphatic heterocycles. The lowest BCUT2D eigenvalue weighted by molar-refractivity contribution is 0.216. The van der Waals surface area contributed by atoms with Gasteiger partial charge in [0.1, 0.15) is 0 Å². The zero-order chi connectivity index (χ0) is 15.9. The molecule has 0 bridgehead atoms. The van der Waals surface area contributed by atoms with Crippen molar-refractivity contribution in [2.24, 2.45) is 0 Å². The van der Waals surface area contributed by atoms with Crippen LogP contribution in [0.1, 0.15) is 26.7 Å². The molecule has 0 saturated carbocycles. The molecule has 22 heavy (non-hydrogen) atoms. The molecule has 1 aromatic rings. The molecule has 0 N–H and O–H groups in total. The van der Waals surface area contributed by atoms with Crippen molar-refractivity contribution in [3.8, 4) is 12.3 Å². The maximum absolute atomic E-state index is 12.6. The number of terminal acetylenes is 1. The van der Waals surface area contributed by atoms with Crippen molar-refractivity contribution < 1.29 is 4.79 Å². The normalized spacial score (nSPS) is 13.8. The van der Waals surface area contributed by atoms with Gasteiger partial charge in [-0.25, -0.2) is 14.8 Å². The molecule has 0 spiro atoms. The average molecular weight is 301 g/mol. The minimum Gasteiger partial charge on any atom is -0.341 e. The topological polar surface area (TPSA) is 52.6 Å². The number of rotatable bonds is 5. The molecule has 0 aromatic carbocycles. The zero-order valence-electron chi connectivity index (χ0n) is 13.3. The van der Waals surface area contributed by atoms with E-state index in [4.69, 9.17) is 6.42 Å². The summed E-state index contributed by atoms with van der Waals surface area (Å²) >= 11 is 0. The van der Waals surface area contributed by atoms with Crippen LogP contribution in [0.2, 0.25) is 0 Å². The zero-order valence-corrected chi connectivity index (χ0v) is 13.3. The fourth-order valence-electron chi connectivity index (χ4n) is 2.56. The first-order valence-electron chi connectivity index (χ1n) is 7.78. The van der Waals surface area contributed by atoms with Crippen LogP contribution < -0.4 is 9.80 Å². The van der Waals surface area contributed by atoms with E-state index in [9.17, 15) is 4.79 Å². The lowest BCUT2D eigenvalue weighted by Crippen LogP contribution is -2.42. The number of hydrogen-bond donors (Lipinski definition) is 0. The molecule has 1 fully saturated rings. The first-order chi connectivity index (χ1) is 10.7. The molecule has 118 valence electrons. The Morgan fingerprint density at radius 1 is 1.27 bits per heavy atom. The molecule has 0 unspecified atom stereocenters. The van der Waals surface area contributed by atoms with Crippen LogP contribution in [-0.2, 0) is 0 Å². The van der Waals surface area contributed by atoms with E-state index in [0.29, 0.717) is 11.6 Å². The summed E-state index contributed by atoms with van der Waals surface area (Å²) in [6.07, 6.45) is 10.9. The van der Waals surface area contributed by atoms with Gasteiger partial charge in [0.25, 0.3) is 0 Å². The van der Waals surface area contributed by atoms with Crippen molar-refractivity contribution in [1.82, 2.24) is 14.9 Å². The van der Waals surface area contributed by atoms with Crippen LogP contribution in [0, 0.1) is 12.3 Å². The first kappa shape index (κ1) is 16.1. The van der Waals surface area contributed by atoms with Gasteiger partial charge >= 0.3 is 6.03 Å². The third-order valence-corrected chi connectivity index (χ3v) is 3.84. The molecule has 0 radical (unpaired) electrons. The summed E-state index contributed by atoms with van der Waals surface area (Å²) in [6.45, 7) is 7.61. The highest BCUT2D eigenvalue weighted by Crippen LogP contribution is 2.18. The third kappa shape index (κ3) is 3.48. The molecule has 2 amide bonds. The lowest BCUT2D eigenvalue weighted by Gasteiger charge is -2.26. The van der Waals surface area contributed by atoms with E-state index in [1.165, 1.54) is 0 Å². The summed E-state index contributed by atoms with van der Waals surface area (Å²) in [4.78, 5) is 26.7. The predicted molar refractivity (Wildman–Crippen MR) is 88.0 cm³/mol. The number of urea groups is 1. The Labute approximate surface area is 132 Å². The Hall–Kier alpha value is -2.29. The van der Waals surface area contributed by atoms with Gasteiger partial charge in [-0.05, 0) is 26.7 Å². The number of hydrogen-bond acceptors (Lipinski definition) is 4. The number of amides is 2. The lowest BCUT2D eigenvalue weighted by atomic mass is 10.4. The van der Waals surface area contributed by atoms with E-state index in [0.717, 1.165) is 39.0 Å². The molecule has 6 heteroatoms. The van der Waals surface area contributed by atoms with E-state index >= 15 is 0 Å². The second kappa shape index (κ2) is 7.64. The smallest absolute Gasteiger partial charge is 0.325 e. The Morgan fingerprint density at radius 3 is 2.36 bits per heavy atom. The van der Waals surface area contributed by atoms with Gasteiger partial charge in [0.2, 0.25) is 5.95 Å². The van der Waals surface area contributed by atoms with Gasteiger partial charge in [-0.3, -0.25) is 4.90 Å². The maximum atomic E-state index is 12.6. The van der Waals surface area contributed by atoms with E-state index in [1.54, 1.807) is 17.3 Å². The van der Waals surface area contributed by atoms with Gasteiger partial charge in [0.15, 0.2) is 0 Å². The van der Waals surface area contributed by atoms with Gasteiger partial charge < -0.3 is 9.80 Å².